The number of aliphatic imine (C=N–C) groups is 1. The molecule has 1 aliphatic rings. The van der Waals surface area contributed by atoms with E-state index in [0.717, 1.165) is 35.2 Å². The summed E-state index contributed by atoms with van der Waals surface area (Å²) in [5.74, 6) is 1.48. The first-order valence-corrected chi connectivity index (χ1v) is 9.65. The van der Waals surface area contributed by atoms with Crippen molar-refractivity contribution >= 4 is 41.3 Å². The number of hydrogen-bond donors (Lipinski definition) is 1. The standard InChI is InChI=1S/C18H22N6O2S.HI/c1-19-18(20-9-14-12-26-17(22-14)16-4-3-7-27-16)24-5-6-25-15(11-24)13-8-21-23(2)10-13;/h3-4,7-8,10,12,15H,5-6,9,11H2,1-2H3,(H,19,20);1H. The molecule has 150 valence electrons. The summed E-state index contributed by atoms with van der Waals surface area (Å²) in [7, 11) is 3.70. The van der Waals surface area contributed by atoms with Crippen LogP contribution in [0.5, 0.6) is 0 Å². The molecule has 3 aromatic rings. The van der Waals surface area contributed by atoms with Crippen molar-refractivity contribution in [2.45, 2.75) is 12.6 Å². The summed E-state index contributed by atoms with van der Waals surface area (Å²) < 4.78 is 13.3. The number of guanidine groups is 1. The van der Waals surface area contributed by atoms with E-state index in [-0.39, 0.29) is 30.1 Å². The zero-order valence-corrected chi connectivity index (χ0v) is 18.9. The van der Waals surface area contributed by atoms with Crippen molar-refractivity contribution in [1.82, 2.24) is 25.0 Å². The van der Waals surface area contributed by atoms with Gasteiger partial charge in [0.1, 0.15) is 12.4 Å². The van der Waals surface area contributed by atoms with Crippen LogP contribution in [0.3, 0.4) is 0 Å². The van der Waals surface area contributed by atoms with Gasteiger partial charge < -0.3 is 19.4 Å². The van der Waals surface area contributed by atoms with Gasteiger partial charge in [-0.2, -0.15) is 5.10 Å². The highest BCUT2D eigenvalue weighted by atomic mass is 127. The first-order chi connectivity index (χ1) is 13.2. The zero-order chi connectivity index (χ0) is 18.6. The highest BCUT2D eigenvalue weighted by Gasteiger charge is 2.25. The van der Waals surface area contributed by atoms with Gasteiger partial charge in [-0.25, -0.2) is 4.98 Å². The molecule has 1 saturated heterocycles. The summed E-state index contributed by atoms with van der Waals surface area (Å²) in [5.41, 5.74) is 1.92. The van der Waals surface area contributed by atoms with E-state index in [4.69, 9.17) is 9.15 Å². The first-order valence-electron chi connectivity index (χ1n) is 8.77. The molecule has 1 N–H and O–H groups in total. The van der Waals surface area contributed by atoms with E-state index in [1.807, 2.05) is 37.0 Å². The average molecular weight is 514 g/mol. The van der Waals surface area contributed by atoms with E-state index in [1.54, 1.807) is 29.3 Å². The summed E-state index contributed by atoms with van der Waals surface area (Å²) in [4.78, 5) is 12.2. The Morgan fingerprint density at radius 3 is 3.07 bits per heavy atom. The second-order valence-corrected chi connectivity index (χ2v) is 7.22. The van der Waals surface area contributed by atoms with E-state index < -0.39 is 0 Å². The number of nitrogens with zero attached hydrogens (tertiary/aromatic N) is 5. The minimum absolute atomic E-state index is 0. The van der Waals surface area contributed by atoms with Gasteiger partial charge in [0.2, 0.25) is 5.89 Å². The van der Waals surface area contributed by atoms with Crippen LogP contribution in [0.2, 0.25) is 0 Å². The summed E-state index contributed by atoms with van der Waals surface area (Å²) in [6, 6.07) is 3.99. The van der Waals surface area contributed by atoms with Crippen LogP contribution in [0.1, 0.15) is 17.4 Å². The molecule has 0 radical (unpaired) electrons. The van der Waals surface area contributed by atoms with Crippen molar-refractivity contribution in [3.8, 4) is 10.8 Å². The molecule has 0 bridgehead atoms. The lowest BCUT2D eigenvalue weighted by molar-refractivity contribution is -0.00805. The summed E-state index contributed by atoms with van der Waals surface area (Å²) in [6.07, 6.45) is 5.52. The maximum absolute atomic E-state index is 5.91. The second kappa shape index (κ2) is 9.52. The summed E-state index contributed by atoms with van der Waals surface area (Å²) in [5, 5.41) is 9.62. The Morgan fingerprint density at radius 2 is 2.36 bits per heavy atom. The molecule has 10 heteroatoms. The molecule has 0 spiro atoms. The molecule has 0 amide bonds. The minimum atomic E-state index is -0.0107. The Bertz CT molecular complexity index is 907. The van der Waals surface area contributed by atoms with Crippen LogP contribution in [-0.4, -0.2) is 52.4 Å². The molecule has 4 rings (SSSR count). The second-order valence-electron chi connectivity index (χ2n) is 6.27. The lowest BCUT2D eigenvalue weighted by atomic mass is 10.1. The number of aromatic nitrogens is 3. The fourth-order valence-electron chi connectivity index (χ4n) is 3.05. The molecular formula is C18H23IN6O2S. The Morgan fingerprint density at radius 1 is 1.46 bits per heavy atom. The number of ether oxygens (including phenoxy) is 1. The van der Waals surface area contributed by atoms with Crippen LogP contribution < -0.4 is 5.32 Å². The molecule has 1 unspecified atom stereocenters. The molecule has 3 aromatic heterocycles. The van der Waals surface area contributed by atoms with Gasteiger partial charge in [0.05, 0.1) is 36.5 Å². The van der Waals surface area contributed by atoms with Crippen molar-refractivity contribution in [2.75, 3.05) is 26.7 Å². The molecule has 1 aliphatic heterocycles. The van der Waals surface area contributed by atoms with Gasteiger partial charge >= 0.3 is 0 Å². The van der Waals surface area contributed by atoms with Crippen LogP contribution in [0, 0.1) is 0 Å². The monoisotopic (exact) mass is 514 g/mol. The normalized spacial score (nSPS) is 17.4. The molecular weight excluding hydrogens is 491 g/mol. The fraction of sp³-hybridized carbons (Fsp3) is 0.389. The molecule has 0 saturated carbocycles. The van der Waals surface area contributed by atoms with Crippen LogP contribution in [0.4, 0.5) is 0 Å². The molecule has 28 heavy (non-hydrogen) atoms. The van der Waals surface area contributed by atoms with Crippen molar-refractivity contribution in [2.24, 2.45) is 12.0 Å². The fourth-order valence-corrected chi connectivity index (χ4v) is 3.71. The van der Waals surface area contributed by atoms with E-state index >= 15 is 0 Å². The van der Waals surface area contributed by atoms with Crippen LogP contribution >= 0.6 is 35.3 Å². The predicted molar refractivity (Wildman–Crippen MR) is 119 cm³/mol. The number of hydrogen-bond acceptors (Lipinski definition) is 6. The highest BCUT2D eigenvalue weighted by Crippen LogP contribution is 2.24. The molecule has 0 aromatic carbocycles. The Balaban J connectivity index is 0.00000225. The third kappa shape index (κ3) is 4.73. The maximum Gasteiger partial charge on any atom is 0.236 e. The van der Waals surface area contributed by atoms with E-state index in [2.05, 4.69) is 25.3 Å². The topological polar surface area (TPSA) is 80.7 Å². The number of aryl methyl sites for hydroxylation is 1. The van der Waals surface area contributed by atoms with Gasteiger partial charge in [0.15, 0.2) is 5.96 Å². The average Bonchev–Trinajstić information content (AvgIpc) is 3.44. The number of thiophene rings is 1. The first kappa shape index (κ1) is 20.8. The van der Waals surface area contributed by atoms with Gasteiger partial charge in [-0.05, 0) is 11.4 Å². The smallest absolute Gasteiger partial charge is 0.236 e. The Labute approximate surface area is 184 Å². The Hall–Kier alpha value is -1.92. The third-order valence-corrected chi connectivity index (χ3v) is 5.24. The van der Waals surface area contributed by atoms with Gasteiger partial charge in [-0.15, -0.1) is 35.3 Å². The molecule has 8 nitrogen and oxygen atoms in total. The number of morpholine rings is 1. The highest BCUT2D eigenvalue weighted by molar-refractivity contribution is 14.0. The van der Waals surface area contributed by atoms with Crippen LogP contribution in [0.25, 0.3) is 10.8 Å². The van der Waals surface area contributed by atoms with Crippen LogP contribution in [-0.2, 0) is 18.3 Å². The van der Waals surface area contributed by atoms with Crippen molar-refractivity contribution in [3.63, 3.8) is 0 Å². The van der Waals surface area contributed by atoms with Crippen molar-refractivity contribution in [1.29, 1.82) is 0 Å². The molecule has 0 aliphatic carbocycles. The number of halogens is 1. The van der Waals surface area contributed by atoms with E-state index in [0.29, 0.717) is 19.0 Å². The largest absolute Gasteiger partial charge is 0.443 e. The van der Waals surface area contributed by atoms with Crippen LogP contribution in [0.15, 0.2) is 45.6 Å². The Kier molecular flexibility index (Phi) is 7.08. The number of nitrogens with one attached hydrogen (secondary N) is 1. The quantitative estimate of drug-likeness (QED) is 0.328. The minimum Gasteiger partial charge on any atom is -0.443 e. The summed E-state index contributed by atoms with van der Waals surface area (Å²) in [6.45, 7) is 2.71. The van der Waals surface area contributed by atoms with E-state index in [1.165, 1.54) is 0 Å². The lowest BCUT2D eigenvalue weighted by Crippen LogP contribution is -2.47. The number of rotatable bonds is 4. The number of oxazole rings is 1. The maximum atomic E-state index is 5.91. The van der Waals surface area contributed by atoms with Crippen molar-refractivity contribution in [3.05, 3.63) is 47.4 Å². The zero-order valence-electron chi connectivity index (χ0n) is 15.7. The molecule has 4 heterocycles. The van der Waals surface area contributed by atoms with Crippen molar-refractivity contribution < 1.29 is 9.15 Å². The summed E-state index contributed by atoms with van der Waals surface area (Å²) >= 11 is 1.61. The predicted octanol–water partition coefficient (Wildman–Crippen LogP) is 2.90. The van der Waals surface area contributed by atoms with Gasteiger partial charge in [0.25, 0.3) is 0 Å². The van der Waals surface area contributed by atoms with E-state index in [9.17, 15) is 0 Å². The molecule has 1 fully saturated rings. The van der Waals surface area contributed by atoms with Gasteiger partial charge in [-0.1, -0.05) is 6.07 Å². The lowest BCUT2D eigenvalue weighted by Gasteiger charge is -2.34. The van der Waals surface area contributed by atoms with Gasteiger partial charge in [-0.3, -0.25) is 9.67 Å². The van der Waals surface area contributed by atoms with Gasteiger partial charge in [0, 0.05) is 32.4 Å². The molecule has 1 atom stereocenters. The SMILES string of the molecule is CN=C(NCc1coc(-c2cccs2)n1)N1CCOC(c2cnn(C)c2)C1.I. The third-order valence-electron chi connectivity index (χ3n) is 4.39.